The summed E-state index contributed by atoms with van der Waals surface area (Å²) in [5.41, 5.74) is 3.23. The quantitative estimate of drug-likeness (QED) is 0.891. The molecule has 2 saturated heterocycles. The maximum absolute atomic E-state index is 12.7. The zero-order valence-electron chi connectivity index (χ0n) is 13.9. The van der Waals surface area contributed by atoms with E-state index in [0.29, 0.717) is 17.3 Å². The van der Waals surface area contributed by atoms with E-state index in [9.17, 15) is 9.59 Å². The lowest BCUT2D eigenvalue weighted by molar-refractivity contribution is -0.135. The highest BCUT2D eigenvalue weighted by molar-refractivity contribution is 8.01. The minimum absolute atomic E-state index is 0.0819. The molecule has 7 heteroatoms. The summed E-state index contributed by atoms with van der Waals surface area (Å²) < 4.78 is 1.07. The van der Waals surface area contributed by atoms with Crippen LogP contribution in [-0.4, -0.2) is 38.4 Å². The molecule has 126 valence electrons. The van der Waals surface area contributed by atoms with Gasteiger partial charge in [0.1, 0.15) is 6.04 Å². The van der Waals surface area contributed by atoms with Gasteiger partial charge in [0.2, 0.25) is 11.8 Å². The number of thiazole rings is 1. The van der Waals surface area contributed by atoms with Crippen molar-refractivity contribution in [3.8, 4) is 0 Å². The van der Waals surface area contributed by atoms with Gasteiger partial charge >= 0.3 is 0 Å². The molecule has 1 N–H and O–H groups in total. The molecule has 2 atom stereocenters. The number of fused-ring (bicyclic) bond motifs is 2. The van der Waals surface area contributed by atoms with Crippen LogP contribution < -0.4 is 5.32 Å². The molecule has 2 fully saturated rings. The Morgan fingerprint density at radius 2 is 2.21 bits per heavy atom. The van der Waals surface area contributed by atoms with Gasteiger partial charge in [-0.25, -0.2) is 4.98 Å². The highest BCUT2D eigenvalue weighted by Crippen LogP contribution is 2.47. The summed E-state index contributed by atoms with van der Waals surface area (Å²) in [5, 5.41) is 3.54. The van der Waals surface area contributed by atoms with Gasteiger partial charge in [-0.2, -0.15) is 0 Å². The number of rotatable bonds is 2. The van der Waals surface area contributed by atoms with Crippen molar-refractivity contribution in [1.29, 1.82) is 0 Å². The average Bonchev–Trinajstić information content (AvgIpc) is 3.13. The molecule has 24 heavy (non-hydrogen) atoms. The second kappa shape index (κ2) is 5.46. The molecule has 0 radical (unpaired) electrons. The van der Waals surface area contributed by atoms with Crippen molar-refractivity contribution < 1.29 is 9.59 Å². The molecule has 0 bridgehead atoms. The van der Waals surface area contributed by atoms with E-state index in [1.807, 2.05) is 6.92 Å². The number of carbonyl (C=O) groups is 2. The number of aromatic nitrogens is 1. The zero-order chi connectivity index (χ0) is 17.1. The van der Waals surface area contributed by atoms with Gasteiger partial charge in [-0.15, -0.1) is 11.8 Å². The van der Waals surface area contributed by atoms with E-state index in [1.165, 1.54) is 16.9 Å². The summed E-state index contributed by atoms with van der Waals surface area (Å²) in [6, 6.07) is 3.78. The normalized spacial score (nSPS) is 26.2. The standard InChI is InChI=1S/C17H19N3O2S2/c1-9-6-10(2)14-12(7-9)24-16(18-14)19-15(22)11-8-23-17(3)5-4-13(21)20(11)17/h6-7,11H,4-5,8H2,1-3H3,(H,18,19,22)/t11-,17-/m1/s1. The topological polar surface area (TPSA) is 62.3 Å². The number of carbonyl (C=O) groups excluding carboxylic acids is 2. The SMILES string of the molecule is Cc1cc(C)c2nc(NC(=O)[C@H]3CS[C@]4(C)CCC(=O)N34)sc2c1. The second-order valence-electron chi connectivity index (χ2n) is 6.70. The molecule has 2 aliphatic rings. The molecular formula is C17H19N3O2S2. The minimum atomic E-state index is -0.398. The van der Waals surface area contributed by atoms with Gasteiger partial charge in [-0.1, -0.05) is 17.4 Å². The van der Waals surface area contributed by atoms with Crippen molar-refractivity contribution in [2.75, 3.05) is 11.1 Å². The fourth-order valence-corrected chi connectivity index (χ4v) is 6.10. The molecule has 4 rings (SSSR count). The molecule has 2 aromatic rings. The van der Waals surface area contributed by atoms with Crippen LogP contribution in [0.3, 0.4) is 0 Å². The third kappa shape index (κ3) is 2.41. The summed E-state index contributed by atoms with van der Waals surface area (Å²) in [4.78, 5) is 31.0. The molecule has 0 spiro atoms. The van der Waals surface area contributed by atoms with E-state index in [1.54, 1.807) is 16.7 Å². The van der Waals surface area contributed by atoms with Crippen molar-refractivity contribution in [2.24, 2.45) is 0 Å². The van der Waals surface area contributed by atoms with Gasteiger partial charge in [0.25, 0.3) is 0 Å². The molecule has 2 amide bonds. The first-order valence-electron chi connectivity index (χ1n) is 8.02. The van der Waals surface area contributed by atoms with Crippen LogP contribution in [0.1, 0.15) is 30.9 Å². The lowest BCUT2D eigenvalue weighted by Crippen LogP contribution is -2.48. The molecule has 0 saturated carbocycles. The van der Waals surface area contributed by atoms with E-state index >= 15 is 0 Å². The number of aryl methyl sites for hydroxylation is 2. The first-order valence-corrected chi connectivity index (χ1v) is 9.82. The maximum atomic E-state index is 12.7. The Hall–Kier alpha value is -1.60. The predicted octanol–water partition coefficient (Wildman–Crippen LogP) is 3.31. The number of nitrogens with one attached hydrogen (secondary N) is 1. The number of thioether (sulfide) groups is 1. The van der Waals surface area contributed by atoms with Crippen LogP contribution >= 0.6 is 23.1 Å². The molecule has 0 unspecified atom stereocenters. The summed E-state index contributed by atoms with van der Waals surface area (Å²) in [6.45, 7) is 6.14. The van der Waals surface area contributed by atoms with Gasteiger partial charge in [0, 0.05) is 12.2 Å². The summed E-state index contributed by atoms with van der Waals surface area (Å²) in [7, 11) is 0. The number of amides is 2. The fourth-order valence-electron chi connectivity index (χ4n) is 3.63. The van der Waals surface area contributed by atoms with Crippen LogP contribution in [0.5, 0.6) is 0 Å². The smallest absolute Gasteiger partial charge is 0.249 e. The lowest BCUT2D eigenvalue weighted by atomic mass is 10.1. The number of benzene rings is 1. The molecular weight excluding hydrogens is 342 g/mol. The number of hydrogen-bond acceptors (Lipinski definition) is 5. The van der Waals surface area contributed by atoms with Crippen molar-refractivity contribution in [1.82, 2.24) is 9.88 Å². The molecule has 1 aromatic carbocycles. The van der Waals surface area contributed by atoms with E-state index in [2.05, 4.69) is 36.3 Å². The van der Waals surface area contributed by atoms with Gasteiger partial charge in [-0.3, -0.25) is 9.59 Å². The van der Waals surface area contributed by atoms with Gasteiger partial charge in [0.05, 0.1) is 15.1 Å². The third-order valence-electron chi connectivity index (χ3n) is 4.81. The van der Waals surface area contributed by atoms with Crippen LogP contribution in [0.4, 0.5) is 5.13 Å². The van der Waals surface area contributed by atoms with Crippen molar-refractivity contribution in [3.63, 3.8) is 0 Å². The predicted molar refractivity (Wildman–Crippen MR) is 98.5 cm³/mol. The Morgan fingerprint density at radius 3 is 3.00 bits per heavy atom. The maximum Gasteiger partial charge on any atom is 0.249 e. The highest BCUT2D eigenvalue weighted by atomic mass is 32.2. The average molecular weight is 361 g/mol. The zero-order valence-corrected chi connectivity index (χ0v) is 15.5. The first-order chi connectivity index (χ1) is 11.4. The Labute approximate surface area is 148 Å². The molecule has 3 heterocycles. The van der Waals surface area contributed by atoms with Crippen LogP contribution in [0.2, 0.25) is 0 Å². The largest absolute Gasteiger partial charge is 0.315 e. The Kier molecular flexibility index (Phi) is 3.61. The van der Waals surface area contributed by atoms with Crippen LogP contribution in [-0.2, 0) is 9.59 Å². The highest BCUT2D eigenvalue weighted by Gasteiger charge is 2.52. The van der Waals surface area contributed by atoms with Gasteiger partial charge < -0.3 is 10.2 Å². The Morgan fingerprint density at radius 1 is 1.42 bits per heavy atom. The molecule has 2 aliphatic heterocycles. The van der Waals surface area contributed by atoms with Crippen molar-refractivity contribution >= 4 is 50.3 Å². The van der Waals surface area contributed by atoms with Gasteiger partial charge in [-0.05, 0) is 44.4 Å². The van der Waals surface area contributed by atoms with Crippen molar-refractivity contribution in [3.05, 3.63) is 23.3 Å². The van der Waals surface area contributed by atoms with E-state index in [-0.39, 0.29) is 16.7 Å². The first kappa shape index (κ1) is 15.9. The molecule has 1 aromatic heterocycles. The Bertz CT molecular complexity index is 863. The van der Waals surface area contributed by atoms with E-state index in [0.717, 1.165) is 22.2 Å². The summed E-state index contributed by atoms with van der Waals surface area (Å²) >= 11 is 3.19. The fraction of sp³-hybridized carbons (Fsp3) is 0.471. The second-order valence-corrected chi connectivity index (χ2v) is 9.23. The van der Waals surface area contributed by atoms with Crippen LogP contribution in [0, 0.1) is 13.8 Å². The summed E-state index contributed by atoms with van der Waals surface area (Å²) in [5.74, 6) is 0.602. The number of hydrogen-bond donors (Lipinski definition) is 1. The van der Waals surface area contributed by atoms with E-state index < -0.39 is 6.04 Å². The van der Waals surface area contributed by atoms with Gasteiger partial charge in [0.15, 0.2) is 5.13 Å². The van der Waals surface area contributed by atoms with Crippen LogP contribution in [0.25, 0.3) is 10.2 Å². The number of nitrogens with zero attached hydrogens (tertiary/aromatic N) is 2. The minimum Gasteiger partial charge on any atom is -0.315 e. The van der Waals surface area contributed by atoms with Crippen molar-refractivity contribution in [2.45, 2.75) is 44.5 Å². The molecule has 0 aliphatic carbocycles. The Balaban J connectivity index is 1.59. The lowest BCUT2D eigenvalue weighted by Gasteiger charge is -2.29. The number of anilines is 1. The van der Waals surface area contributed by atoms with Crippen LogP contribution in [0.15, 0.2) is 12.1 Å². The van der Waals surface area contributed by atoms with E-state index in [4.69, 9.17) is 0 Å². The summed E-state index contributed by atoms with van der Waals surface area (Å²) in [6.07, 6.45) is 1.35. The molecule has 5 nitrogen and oxygen atoms in total. The monoisotopic (exact) mass is 361 g/mol. The third-order valence-corrected chi connectivity index (χ3v) is 7.23.